The van der Waals surface area contributed by atoms with Crippen LogP contribution in [0, 0.1) is 11.3 Å². The van der Waals surface area contributed by atoms with Crippen LogP contribution in [0.15, 0.2) is 12.3 Å². The molecule has 0 bridgehead atoms. The topological polar surface area (TPSA) is 45.9 Å². The first-order valence-corrected chi connectivity index (χ1v) is 3.71. The first-order valence-electron chi connectivity index (χ1n) is 3.33. The van der Waals surface area contributed by atoms with Gasteiger partial charge in [0.25, 0.3) is 0 Å². The normalized spacial score (nSPS) is 9.08. The Hall–Kier alpha value is -1.27. The number of pyridine rings is 1. The summed E-state index contributed by atoms with van der Waals surface area (Å²) in [4.78, 5) is 3.96. The highest BCUT2D eigenvalue weighted by atomic mass is 35.5. The van der Waals surface area contributed by atoms with Crippen LogP contribution in [0.1, 0.15) is 5.69 Å². The van der Waals surface area contributed by atoms with Crippen molar-refractivity contribution in [1.29, 1.82) is 5.26 Å². The van der Waals surface area contributed by atoms with Crippen molar-refractivity contribution < 1.29 is 4.74 Å². The van der Waals surface area contributed by atoms with Gasteiger partial charge in [0.05, 0.1) is 30.3 Å². The lowest BCUT2D eigenvalue weighted by atomic mass is 10.2. The van der Waals surface area contributed by atoms with E-state index in [1.165, 1.54) is 13.3 Å². The van der Waals surface area contributed by atoms with Crippen LogP contribution in [0.4, 0.5) is 0 Å². The molecule has 0 saturated heterocycles. The molecule has 0 fully saturated rings. The van der Waals surface area contributed by atoms with E-state index in [2.05, 4.69) is 4.98 Å². The van der Waals surface area contributed by atoms with E-state index in [4.69, 9.17) is 21.6 Å². The van der Waals surface area contributed by atoms with Crippen LogP contribution in [0.5, 0.6) is 5.75 Å². The Morgan fingerprint density at radius 3 is 3.08 bits per heavy atom. The van der Waals surface area contributed by atoms with Crippen LogP contribution in [-0.4, -0.2) is 12.1 Å². The number of hydrogen-bond acceptors (Lipinski definition) is 3. The summed E-state index contributed by atoms with van der Waals surface area (Å²) in [6, 6.07) is 3.63. The summed E-state index contributed by atoms with van der Waals surface area (Å²) in [5.74, 6) is 0.559. The molecule has 3 nitrogen and oxygen atoms in total. The molecule has 0 saturated carbocycles. The molecule has 0 atom stereocenters. The van der Waals surface area contributed by atoms with E-state index in [1.807, 2.05) is 6.07 Å². The average molecular weight is 183 g/mol. The summed E-state index contributed by atoms with van der Waals surface area (Å²) in [6.07, 6.45) is 1.73. The number of hydrogen-bond donors (Lipinski definition) is 0. The van der Waals surface area contributed by atoms with E-state index < -0.39 is 0 Å². The first kappa shape index (κ1) is 8.82. The molecule has 1 rings (SSSR count). The van der Waals surface area contributed by atoms with Crippen molar-refractivity contribution >= 4 is 11.6 Å². The largest absolute Gasteiger partial charge is 0.495 e. The van der Waals surface area contributed by atoms with Crippen LogP contribution >= 0.6 is 11.6 Å². The predicted molar refractivity (Wildman–Crippen MR) is 45.1 cm³/mol. The zero-order valence-electron chi connectivity index (χ0n) is 6.54. The Bertz CT molecular complexity index is 319. The van der Waals surface area contributed by atoms with Crippen molar-refractivity contribution in [3.63, 3.8) is 0 Å². The molecule has 1 aromatic heterocycles. The molecule has 0 N–H and O–H groups in total. The van der Waals surface area contributed by atoms with Crippen LogP contribution < -0.4 is 4.74 Å². The molecule has 1 aromatic rings. The summed E-state index contributed by atoms with van der Waals surface area (Å²) >= 11 is 5.67. The standard InChI is InChI=1S/C8H7ClN2O/c1-12-8-4-6(9)5-11-7(8)2-3-10/h4-5H,2H2,1H3. The minimum atomic E-state index is 0.236. The lowest BCUT2D eigenvalue weighted by molar-refractivity contribution is 0.408. The maximum atomic E-state index is 8.43. The van der Waals surface area contributed by atoms with Gasteiger partial charge in [0.1, 0.15) is 5.75 Å². The minimum Gasteiger partial charge on any atom is -0.495 e. The average Bonchev–Trinajstić information content (AvgIpc) is 2.08. The molecule has 0 unspecified atom stereocenters. The Labute approximate surface area is 75.6 Å². The van der Waals surface area contributed by atoms with Crippen molar-refractivity contribution in [3.8, 4) is 11.8 Å². The highest BCUT2D eigenvalue weighted by molar-refractivity contribution is 6.30. The second-order valence-corrected chi connectivity index (χ2v) is 2.57. The molecule has 0 aromatic carbocycles. The van der Waals surface area contributed by atoms with Gasteiger partial charge in [-0.2, -0.15) is 5.26 Å². The number of halogens is 1. The van der Waals surface area contributed by atoms with E-state index in [0.717, 1.165) is 0 Å². The van der Waals surface area contributed by atoms with Crippen LogP contribution in [0.25, 0.3) is 0 Å². The second-order valence-electron chi connectivity index (χ2n) is 2.14. The Morgan fingerprint density at radius 1 is 1.75 bits per heavy atom. The van der Waals surface area contributed by atoms with E-state index >= 15 is 0 Å². The van der Waals surface area contributed by atoms with E-state index in [1.54, 1.807) is 6.07 Å². The van der Waals surface area contributed by atoms with Gasteiger partial charge in [0, 0.05) is 12.3 Å². The molecule has 1 heterocycles. The third-order valence-corrected chi connectivity index (χ3v) is 1.57. The molecule has 0 amide bonds. The fourth-order valence-corrected chi connectivity index (χ4v) is 0.981. The maximum Gasteiger partial charge on any atom is 0.142 e. The van der Waals surface area contributed by atoms with E-state index in [0.29, 0.717) is 16.5 Å². The van der Waals surface area contributed by atoms with Crippen molar-refractivity contribution in [2.45, 2.75) is 6.42 Å². The summed E-state index contributed by atoms with van der Waals surface area (Å²) < 4.78 is 4.98. The fourth-order valence-electron chi connectivity index (χ4n) is 0.833. The Balaban J connectivity index is 3.04. The molecular formula is C8H7ClN2O. The lowest BCUT2D eigenvalue weighted by Gasteiger charge is -2.03. The molecule has 62 valence electrons. The number of methoxy groups -OCH3 is 1. The fraction of sp³-hybridized carbons (Fsp3) is 0.250. The number of aromatic nitrogens is 1. The first-order chi connectivity index (χ1) is 5.77. The third kappa shape index (κ3) is 1.86. The highest BCUT2D eigenvalue weighted by Gasteiger charge is 2.03. The summed E-state index contributed by atoms with van der Waals surface area (Å²) in [5, 5.41) is 8.94. The number of nitriles is 1. The van der Waals surface area contributed by atoms with Crippen molar-refractivity contribution in [1.82, 2.24) is 4.98 Å². The van der Waals surface area contributed by atoms with Gasteiger partial charge in [-0.05, 0) is 0 Å². The molecule has 12 heavy (non-hydrogen) atoms. The smallest absolute Gasteiger partial charge is 0.142 e. The van der Waals surface area contributed by atoms with Crippen LogP contribution in [-0.2, 0) is 6.42 Å². The zero-order valence-corrected chi connectivity index (χ0v) is 7.30. The number of rotatable bonds is 2. The SMILES string of the molecule is COc1cc(Cl)cnc1CC#N. The monoisotopic (exact) mass is 182 g/mol. The summed E-state index contributed by atoms with van der Waals surface area (Å²) in [6.45, 7) is 0. The Kier molecular flexibility index (Phi) is 2.89. The second kappa shape index (κ2) is 3.93. The van der Waals surface area contributed by atoms with Crippen LogP contribution in [0.3, 0.4) is 0 Å². The van der Waals surface area contributed by atoms with E-state index in [-0.39, 0.29) is 6.42 Å². The van der Waals surface area contributed by atoms with Crippen LogP contribution in [0.2, 0.25) is 5.02 Å². The lowest BCUT2D eigenvalue weighted by Crippen LogP contribution is -1.94. The number of ether oxygens (including phenoxy) is 1. The predicted octanol–water partition coefficient (Wildman–Crippen LogP) is 1.81. The zero-order chi connectivity index (χ0) is 8.97. The third-order valence-electron chi connectivity index (χ3n) is 1.36. The minimum absolute atomic E-state index is 0.236. The van der Waals surface area contributed by atoms with Gasteiger partial charge in [-0.15, -0.1) is 0 Å². The number of nitrogens with zero attached hydrogens (tertiary/aromatic N) is 2. The van der Waals surface area contributed by atoms with E-state index in [9.17, 15) is 0 Å². The van der Waals surface area contributed by atoms with Gasteiger partial charge in [-0.25, -0.2) is 0 Å². The van der Waals surface area contributed by atoms with Crippen molar-refractivity contribution in [2.75, 3.05) is 7.11 Å². The highest BCUT2D eigenvalue weighted by Crippen LogP contribution is 2.20. The van der Waals surface area contributed by atoms with Gasteiger partial charge < -0.3 is 4.74 Å². The maximum absolute atomic E-state index is 8.43. The molecule has 0 radical (unpaired) electrons. The van der Waals surface area contributed by atoms with Gasteiger partial charge in [-0.1, -0.05) is 11.6 Å². The molecule has 4 heteroatoms. The molecule has 0 aliphatic carbocycles. The molecule has 0 aliphatic heterocycles. The van der Waals surface area contributed by atoms with Crippen molar-refractivity contribution in [2.24, 2.45) is 0 Å². The molecular weight excluding hydrogens is 176 g/mol. The van der Waals surface area contributed by atoms with Gasteiger partial charge in [-0.3, -0.25) is 4.98 Å². The summed E-state index contributed by atoms with van der Waals surface area (Å²) in [7, 11) is 1.52. The van der Waals surface area contributed by atoms with Gasteiger partial charge >= 0.3 is 0 Å². The molecule has 0 aliphatic rings. The Morgan fingerprint density at radius 2 is 2.50 bits per heavy atom. The van der Waals surface area contributed by atoms with Gasteiger partial charge in [0.2, 0.25) is 0 Å². The molecule has 0 spiro atoms. The summed E-state index contributed by atoms with van der Waals surface area (Å²) in [5.41, 5.74) is 0.615. The van der Waals surface area contributed by atoms with Crippen molar-refractivity contribution in [3.05, 3.63) is 23.0 Å². The van der Waals surface area contributed by atoms with Gasteiger partial charge in [0.15, 0.2) is 0 Å². The quantitative estimate of drug-likeness (QED) is 0.701.